The Labute approximate surface area is 166 Å². The molecule has 2 aromatic rings. The van der Waals surface area contributed by atoms with Gasteiger partial charge in [-0.1, -0.05) is 6.08 Å². The number of hydrogen-bond acceptors (Lipinski definition) is 7. The van der Waals surface area contributed by atoms with Gasteiger partial charge in [0.05, 0.1) is 6.20 Å². The molecule has 2 aliphatic rings. The van der Waals surface area contributed by atoms with Gasteiger partial charge in [0.2, 0.25) is 6.35 Å². The summed E-state index contributed by atoms with van der Waals surface area (Å²) in [4.78, 5) is 32.5. The summed E-state index contributed by atoms with van der Waals surface area (Å²) >= 11 is 0. The average molecular weight is 398 g/mol. The summed E-state index contributed by atoms with van der Waals surface area (Å²) in [5.41, 5.74) is 1.33. The molecule has 0 spiro atoms. The van der Waals surface area contributed by atoms with E-state index < -0.39 is 18.3 Å². The van der Waals surface area contributed by atoms with Gasteiger partial charge < -0.3 is 21.1 Å². The van der Waals surface area contributed by atoms with Crippen molar-refractivity contribution in [2.24, 2.45) is 4.99 Å². The molecular weight excluding hydrogens is 376 g/mol. The standard InChI is InChI=1S/C18H22N8O3/c1-3-9(2)20-17(28)24-13-7-14(21-11-4-5-11)26-15(23-13)10(8-19-26)6-12-16(27)25-18(29)22-12/h3,7-9,11,18,21,29H,1,4-6H2,2H3,(H,25,27)(H2,20,23,24,28). The molecule has 4 rings (SSSR count). The van der Waals surface area contributed by atoms with E-state index in [1.807, 2.05) is 0 Å². The molecule has 2 aromatic heterocycles. The lowest BCUT2D eigenvalue weighted by atomic mass is 10.1. The monoisotopic (exact) mass is 398 g/mol. The molecule has 3 heterocycles. The van der Waals surface area contributed by atoms with E-state index in [0.29, 0.717) is 28.9 Å². The summed E-state index contributed by atoms with van der Waals surface area (Å²) in [6.45, 7) is 5.44. The third kappa shape index (κ3) is 4.19. The molecule has 1 fully saturated rings. The lowest BCUT2D eigenvalue weighted by Crippen LogP contribution is -2.35. The van der Waals surface area contributed by atoms with Gasteiger partial charge in [-0.05, 0) is 19.8 Å². The van der Waals surface area contributed by atoms with Crippen LogP contribution in [0.3, 0.4) is 0 Å². The predicted octanol–water partition coefficient (Wildman–Crippen LogP) is 0.389. The Morgan fingerprint density at radius 1 is 1.52 bits per heavy atom. The number of rotatable bonds is 7. The van der Waals surface area contributed by atoms with E-state index in [0.717, 1.165) is 12.8 Å². The zero-order valence-electron chi connectivity index (χ0n) is 15.8. The highest BCUT2D eigenvalue weighted by Crippen LogP contribution is 2.27. The number of amides is 3. The van der Waals surface area contributed by atoms with E-state index in [-0.39, 0.29) is 18.2 Å². The summed E-state index contributed by atoms with van der Waals surface area (Å²) < 4.78 is 1.63. The van der Waals surface area contributed by atoms with Crippen molar-refractivity contribution in [1.29, 1.82) is 0 Å². The minimum absolute atomic E-state index is 0.158. The van der Waals surface area contributed by atoms with Gasteiger partial charge >= 0.3 is 6.03 Å². The van der Waals surface area contributed by atoms with E-state index >= 15 is 0 Å². The molecule has 0 radical (unpaired) electrons. The zero-order valence-corrected chi connectivity index (χ0v) is 15.8. The van der Waals surface area contributed by atoms with Crippen molar-refractivity contribution in [3.8, 4) is 0 Å². The van der Waals surface area contributed by atoms with Gasteiger partial charge in [-0.3, -0.25) is 10.1 Å². The highest BCUT2D eigenvalue weighted by Gasteiger charge is 2.26. The number of aromatic nitrogens is 3. The van der Waals surface area contributed by atoms with Crippen LogP contribution in [0.1, 0.15) is 25.3 Å². The van der Waals surface area contributed by atoms with Crippen LogP contribution in [0.25, 0.3) is 5.65 Å². The Bertz CT molecular complexity index is 1010. The molecule has 2 unspecified atom stereocenters. The Morgan fingerprint density at radius 2 is 2.31 bits per heavy atom. The van der Waals surface area contributed by atoms with Crippen LogP contribution in [0.4, 0.5) is 16.4 Å². The average Bonchev–Trinajstić information content (AvgIpc) is 3.30. The summed E-state index contributed by atoms with van der Waals surface area (Å²) in [6.07, 6.45) is 4.27. The van der Waals surface area contributed by atoms with E-state index in [2.05, 4.69) is 42.9 Å². The molecule has 0 bridgehead atoms. The molecule has 5 N–H and O–H groups in total. The quantitative estimate of drug-likeness (QED) is 0.427. The normalized spacial score (nSPS) is 19.4. The summed E-state index contributed by atoms with van der Waals surface area (Å²) in [7, 11) is 0. The highest BCUT2D eigenvalue weighted by molar-refractivity contribution is 6.40. The third-order valence-corrected chi connectivity index (χ3v) is 4.59. The van der Waals surface area contributed by atoms with Crippen molar-refractivity contribution in [3.05, 3.63) is 30.5 Å². The topological polar surface area (TPSA) is 145 Å². The molecule has 11 nitrogen and oxygen atoms in total. The first-order valence-electron chi connectivity index (χ1n) is 9.33. The van der Waals surface area contributed by atoms with Crippen LogP contribution in [-0.2, 0) is 11.2 Å². The molecular formula is C18H22N8O3. The first kappa shape index (κ1) is 18.9. The maximum atomic E-state index is 12.2. The Kier molecular flexibility index (Phi) is 4.89. The second kappa shape index (κ2) is 7.51. The summed E-state index contributed by atoms with van der Waals surface area (Å²) in [5, 5.41) is 25.0. The van der Waals surface area contributed by atoms with Crippen LogP contribution in [0.2, 0.25) is 0 Å². The number of hydrogen-bond donors (Lipinski definition) is 5. The van der Waals surface area contributed by atoms with Gasteiger partial charge in [0, 0.05) is 30.1 Å². The molecule has 0 aromatic carbocycles. The second-order valence-electron chi connectivity index (χ2n) is 7.07. The van der Waals surface area contributed by atoms with Gasteiger partial charge in [-0.15, -0.1) is 6.58 Å². The van der Waals surface area contributed by atoms with Crippen molar-refractivity contribution >= 4 is 34.9 Å². The van der Waals surface area contributed by atoms with Crippen molar-refractivity contribution < 1.29 is 14.7 Å². The van der Waals surface area contributed by atoms with Crippen LogP contribution in [0.5, 0.6) is 0 Å². The fourth-order valence-electron chi connectivity index (χ4n) is 2.90. The van der Waals surface area contributed by atoms with Crippen molar-refractivity contribution in [1.82, 2.24) is 25.2 Å². The van der Waals surface area contributed by atoms with Crippen molar-refractivity contribution in [2.45, 2.75) is 44.6 Å². The van der Waals surface area contributed by atoms with Crippen LogP contribution in [0.15, 0.2) is 29.9 Å². The number of aliphatic hydroxyl groups is 1. The van der Waals surface area contributed by atoms with Gasteiger partial charge in [-0.2, -0.15) is 9.61 Å². The fraction of sp³-hybridized carbons (Fsp3) is 0.389. The lowest BCUT2D eigenvalue weighted by Gasteiger charge is -2.13. The van der Waals surface area contributed by atoms with Crippen LogP contribution in [0, 0.1) is 0 Å². The fourth-order valence-corrected chi connectivity index (χ4v) is 2.90. The number of aliphatic hydroxyl groups excluding tert-OH is 1. The number of anilines is 2. The SMILES string of the molecule is C=CC(C)NC(=O)Nc1cc(NC2CC2)n2ncc(CC3=NC(O)NC3=O)c2n1. The van der Waals surface area contributed by atoms with E-state index in [4.69, 9.17) is 0 Å². The van der Waals surface area contributed by atoms with Gasteiger partial charge in [0.25, 0.3) is 5.91 Å². The minimum atomic E-state index is -1.23. The molecule has 3 amide bonds. The minimum Gasteiger partial charge on any atom is -0.367 e. The molecule has 29 heavy (non-hydrogen) atoms. The number of nitrogens with one attached hydrogen (secondary N) is 4. The largest absolute Gasteiger partial charge is 0.367 e. The number of aliphatic imine (C=N–C) groups is 1. The lowest BCUT2D eigenvalue weighted by molar-refractivity contribution is -0.116. The third-order valence-electron chi connectivity index (χ3n) is 4.59. The molecule has 11 heteroatoms. The molecule has 2 atom stereocenters. The Balaban J connectivity index is 1.65. The molecule has 1 saturated carbocycles. The first-order chi connectivity index (χ1) is 13.9. The number of urea groups is 1. The number of carbonyl (C=O) groups excluding carboxylic acids is 2. The Morgan fingerprint density at radius 3 is 2.97 bits per heavy atom. The van der Waals surface area contributed by atoms with Crippen molar-refractivity contribution in [2.75, 3.05) is 10.6 Å². The van der Waals surface area contributed by atoms with Gasteiger partial charge in [0.1, 0.15) is 17.3 Å². The summed E-state index contributed by atoms with van der Waals surface area (Å²) in [6, 6.07) is 1.47. The van der Waals surface area contributed by atoms with Gasteiger partial charge in [-0.25, -0.2) is 14.8 Å². The number of carbonyl (C=O) groups is 2. The second-order valence-corrected chi connectivity index (χ2v) is 7.07. The van der Waals surface area contributed by atoms with Crippen LogP contribution in [-0.4, -0.2) is 55.8 Å². The predicted molar refractivity (Wildman–Crippen MR) is 107 cm³/mol. The first-order valence-corrected chi connectivity index (χ1v) is 9.33. The maximum absolute atomic E-state index is 12.2. The molecule has 1 aliphatic carbocycles. The molecule has 1 aliphatic heterocycles. The van der Waals surface area contributed by atoms with E-state index in [1.54, 1.807) is 29.8 Å². The number of fused-ring (bicyclic) bond motifs is 1. The van der Waals surface area contributed by atoms with Crippen molar-refractivity contribution in [3.63, 3.8) is 0 Å². The number of nitrogens with zero attached hydrogens (tertiary/aromatic N) is 4. The van der Waals surface area contributed by atoms with E-state index in [1.165, 1.54) is 0 Å². The maximum Gasteiger partial charge on any atom is 0.320 e. The van der Waals surface area contributed by atoms with Crippen LogP contribution < -0.4 is 21.3 Å². The van der Waals surface area contributed by atoms with Gasteiger partial charge in [0.15, 0.2) is 5.65 Å². The Hall–Kier alpha value is -3.47. The smallest absolute Gasteiger partial charge is 0.320 e. The zero-order chi connectivity index (χ0) is 20.5. The molecule has 152 valence electrons. The van der Waals surface area contributed by atoms with Crippen LogP contribution >= 0.6 is 0 Å². The van der Waals surface area contributed by atoms with E-state index in [9.17, 15) is 14.7 Å². The highest BCUT2D eigenvalue weighted by atomic mass is 16.3. The molecule has 0 saturated heterocycles. The summed E-state index contributed by atoms with van der Waals surface area (Å²) in [5.74, 6) is 0.600.